The molecule has 1 saturated heterocycles. The molecule has 0 aliphatic carbocycles. The number of amides is 2. The molecule has 1 spiro atoms. The molecule has 3 aliphatic heterocycles. The van der Waals surface area contributed by atoms with Crippen molar-refractivity contribution in [2.45, 2.75) is 77.1 Å². The zero-order valence-corrected chi connectivity index (χ0v) is 22.3. The van der Waals surface area contributed by atoms with Gasteiger partial charge in [0.1, 0.15) is 17.2 Å². The molecule has 0 unspecified atom stereocenters. The van der Waals surface area contributed by atoms with E-state index >= 15 is 0 Å². The van der Waals surface area contributed by atoms with Crippen LogP contribution in [0, 0.1) is 11.6 Å². The fourth-order valence-corrected chi connectivity index (χ4v) is 5.66. The molecule has 0 radical (unpaired) electrons. The van der Waals surface area contributed by atoms with Gasteiger partial charge in [-0.3, -0.25) is 14.4 Å². The number of pyridine rings is 1. The second-order valence-electron chi connectivity index (χ2n) is 10.6. The lowest BCUT2D eigenvalue weighted by molar-refractivity contribution is -0.0656. The Labute approximate surface area is 224 Å². The Kier molecular flexibility index (Phi) is 7.17. The lowest BCUT2D eigenvalue weighted by Gasteiger charge is -2.42. The van der Waals surface area contributed by atoms with Crippen LogP contribution in [0.2, 0.25) is 0 Å². The van der Waals surface area contributed by atoms with E-state index in [1.54, 1.807) is 9.47 Å². The summed E-state index contributed by atoms with van der Waals surface area (Å²) in [5.74, 6) is -2.82. The number of fused-ring (bicyclic) bond motifs is 5. The van der Waals surface area contributed by atoms with E-state index in [0.717, 1.165) is 24.3 Å². The third-order valence-electron chi connectivity index (χ3n) is 7.87. The van der Waals surface area contributed by atoms with E-state index in [1.165, 1.54) is 12.3 Å². The summed E-state index contributed by atoms with van der Waals surface area (Å²) in [7, 11) is 0. The first-order valence-corrected chi connectivity index (χ1v) is 13.3. The molecule has 39 heavy (non-hydrogen) atoms. The third kappa shape index (κ3) is 4.79. The van der Waals surface area contributed by atoms with Crippen LogP contribution in [0.4, 0.5) is 8.78 Å². The van der Waals surface area contributed by atoms with Crippen molar-refractivity contribution in [3.63, 3.8) is 0 Å². The zero-order valence-electron chi connectivity index (χ0n) is 22.3. The second-order valence-corrected chi connectivity index (χ2v) is 10.6. The molecule has 3 aliphatic rings. The van der Waals surface area contributed by atoms with Crippen LogP contribution in [0.1, 0.15) is 85.3 Å². The largest absolute Gasteiger partial charge is 0.487 e. The first-order chi connectivity index (χ1) is 18.6. The normalized spacial score (nSPS) is 23.7. The van der Waals surface area contributed by atoms with E-state index in [2.05, 4.69) is 10.5 Å². The van der Waals surface area contributed by atoms with E-state index < -0.39 is 34.6 Å². The molecule has 1 N–H and O–H groups in total. The number of oxime groups is 1. The standard InChI is InChI=1S/C28H32F2N4O5/c1-4-5-10-38-25-23-27(37)33-15-22(28(9-8-17(33)3)12-16(2)32-39-28)34(23)14-20(24(25)35)26(36)31-13-18-6-7-19(29)11-21(18)30/h6-7,11,14,17,22H,4-5,8-10,12-13,15H2,1-3H3,(H,31,36)/t17-,22+,28-/m0/s1/i31+1. The molecule has 11 heteroatoms. The first-order valence-electron chi connectivity index (χ1n) is 13.3. The Morgan fingerprint density at radius 3 is 2.79 bits per heavy atom. The Hall–Kier alpha value is -3.76. The van der Waals surface area contributed by atoms with Crippen LogP contribution in [0.5, 0.6) is 5.75 Å². The second kappa shape index (κ2) is 10.4. The van der Waals surface area contributed by atoms with Gasteiger partial charge < -0.3 is 24.4 Å². The summed E-state index contributed by atoms with van der Waals surface area (Å²) >= 11 is 0. The summed E-state index contributed by atoms with van der Waals surface area (Å²) in [6.07, 6.45) is 4.71. The molecule has 2 aromatic rings. The topological polar surface area (TPSA) is 102 Å². The maximum Gasteiger partial charge on any atom is 0.274 e. The minimum Gasteiger partial charge on any atom is -0.487 e. The molecule has 1 fully saturated rings. The highest BCUT2D eigenvalue weighted by Gasteiger charge is 2.53. The molecule has 4 heterocycles. The number of unbranched alkanes of at least 4 members (excludes halogenated alkanes) is 1. The van der Waals surface area contributed by atoms with Crippen LogP contribution in [0.15, 0.2) is 34.3 Å². The molecule has 208 valence electrons. The van der Waals surface area contributed by atoms with Crippen molar-refractivity contribution < 1.29 is 27.9 Å². The number of nitrogens with zero attached hydrogens (tertiary/aromatic N) is 3. The fraction of sp³-hybridized carbons (Fsp3) is 0.500. The van der Waals surface area contributed by atoms with Gasteiger partial charge in [-0.1, -0.05) is 24.6 Å². The van der Waals surface area contributed by atoms with Gasteiger partial charge in [-0.05, 0) is 39.2 Å². The lowest BCUT2D eigenvalue weighted by Crippen LogP contribution is -2.52. The quantitative estimate of drug-likeness (QED) is 0.421. The van der Waals surface area contributed by atoms with Crippen molar-refractivity contribution >= 4 is 17.5 Å². The van der Waals surface area contributed by atoms with Crippen molar-refractivity contribution in [2.24, 2.45) is 5.16 Å². The van der Waals surface area contributed by atoms with Gasteiger partial charge in [0.2, 0.25) is 5.43 Å². The van der Waals surface area contributed by atoms with E-state index in [0.29, 0.717) is 32.2 Å². The summed E-state index contributed by atoms with van der Waals surface area (Å²) in [5, 5.41) is 6.77. The Morgan fingerprint density at radius 2 is 2.10 bits per heavy atom. The predicted molar refractivity (Wildman–Crippen MR) is 139 cm³/mol. The summed E-state index contributed by atoms with van der Waals surface area (Å²) in [5.41, 5.74) is -0.717. The van der Waals surface area contributed by atoms with Gasteiger partial charge in [0.05, 0.1) is 18.4 Å². The number of ether oxygens (including phenoxy) is 1. The van der Waals surface area contributed by atoms with Gasteiger partial charge in [-0.25, -0.2) is 8.78 Å². The average Bonchev–Trinajstić information content (AvgIpc) is 3.23. The van der Waals surface area contributed by atoms with Gasteiger partial charge in [-0.15, -0.1) is 0 Å². The monoisotopic (exact) mass is 543 g/mol. The average molecular weight is 544 g/mol. The predicted octanol–water partition coefficient (Wildman–Crippen LogP) is 3.95. The SMILES string of the molecule is CCCCOc1c2n(cc(C(=O)[15NH]Cc3ccc(F)cc3F)c1=O)[C@@H]1CN(C2=O)[C@@H](C)CC[C@]12CC(C)=NO2. The number of aromatic nitrogens is 1. The third-order valence-corrected chi connectivity index (χ3v) is 7.87. The lowest BCUT2D eigenvalue weighted by atomic mass is 9.84. The van der Waals surface area contributed by atoms with E-state index in [9.17, 15) is 23.2 Å². The number of halogens is 2. The number of benzene rings is 1. The Bertz CT molecular complexity index is 1410. The molecule has 1 aromatic carbocycles. The number of nitrogens with one attached hydrogen (secondary N) is 1. The van der Waals surface area contributed by atoms with Crippen molar-refractivity contribution in [3.05, 3.63) is 63.1 Å². The van der Waals surface area contributed by atoms with Crippen LogP contribution in [-0.2, 0) is 11.4 Å². The van der Waals surface area contributed by atoms with Crippen LogP contribution < -0.4 is 15.5 Å². The minimum absolute atomic E-state index is 0.0664. The van der Waals surface area contributed by atoms with Crippen LogP contribution in [0.25, 0.3) is 0 Å². The summed E-state index contributed by atoms with van der Waals surface area (Å²) in [6, 6.07) is 2.53. The maximum absolute atomic E-state index is 14.2. The molecular weight excluding hydrogens is 511 g/mol. The fourth-order valence-electron chi connectivity index (χ4n) is 5.66. The van der Waals surface area contributed by atoms with Crippen molar-refractivity contribution in [3.8, 4) is 5.75 Å². The van der Waals surface area contributed by atoms with E-state index in [-0.39, 0.29) is 47.7 Å². The number of carbonyl (C=O) groups excluding carboxylic acids is 2. The molecule has 9 nitrogen and oxygen atoms in total. The van der Waals surface area contributed by atoms with E-state index in [1.807, 2.05) is 20.8 Å². The van der Waals surface area contributed by atoms with Crippen molar-refractivity contribution in [1.29, 1.82) is 0 Å². The summed E-state index contributed by atoms with van der Waals surface area (Å²) in [6.45, 7) is 6.09. The molecule has 1 aromatic heterocycles. The van der Waals surface area contributed by atoms with E-state index in [4.69, 9.17) is 9.57 Å². The number of rotatable bonds is 7. The van der Waals surface area contributed by atoms with Crippen LogP contribution in [-0.4, -0.2) is 51.8 Å². The van der Waals surface area contributed by atoms with Crippen molar-refractivity contribution in [1.82, 2.24) is 14.8 Å². The Morgan fingerprint density at radius 1 is 1.31 bits per heavy atom. The molecule has 5 rings (SSSR count). The highest BCUT2D eigenvalue weighted by Crippen LogP contribution is 2.46. The summed E-state index contributed by atoms with van der Waals surface area (Å²) in [4.78, 5) is 48.5. The summed E-state index contributed by atoms with van der Waals surface area (Å²) < 4.78 is 35.0. The number of carbonyl (C=O) groups is 2. The first kappa shape index (κ1) is 26.8. The molecule has 2 bridgehead atoms. The van der Waals surface area contributed by atoms with Crippen LogP contribution >= 0.6 is 0 Å². The van der Waals surface area contributed by atoms with Gasteiger partial charge in [0.25, 0.3) is 11.8 Å². The smallest absolute Gasteiger partial charge is 0.274 e. The number of hydrogen-bond acceptors (Lipinski definition) is 6. The molecular formula is C28H32F2N4O5. The Balaban J connectivity index is 1.59. The van der Waals surface area contributed by atoms with Gasteiger partial charge in [0.15, 0.2) is 17.0 Å². The molecule has 3 atom stereocenters. The maximum atomic E-state index is 14.2. The highest BCUT2D eigenvalue weighted by atomic mass is 19.1. The minimum atomic E-state index is -0.810. The van der Waals surface area contributed by atoms with Crippen molar-refractivity contribution in [2.75, 3.05) is 13.2 Å². The zero-order chi connectivity index (χ0) is 27.9. The molecule has 2 amide bonds. The van der Waals surface area contributed by atoms with Crippen LogP contribution in [0.3, 0.4) is 0 Å². The number of hydrogen-bond donors (Lipinski definition) is 1. The highest BCUT2D eigenvalue weighted by molar-refractivity contribution is 5.99. The van der Waals surface area contributed by atoms with Gasteiger partial charge in [-0.2, -0.15) is 0 Å². The van der Waals surface area contributed by atoms with Gasteiger partial charge in [0, 0.05) is 43.4 Å². The van der Waals surface area contributed by atoms with Gasteiger partial charge >= 0.3 is 0 Å². The molecule has 0 saturated carbocycles.